The van der Waals surface area contributed by atoms with Crippen molar-refractivity contribution in [2.75, 3.05) is 12.4 Å². The number of nitro groups is 1. The SMILES string of the molecule is COC(=O)c1c(C)[nH]c(C(=O)Nc2cc([N+](=O)[O-])ccc2C)c1C. The van der Waals surface area contributed by atoms with Gasteiger partial charge in [-0.05, 0) is 31.9 Å². The van der Waals surface area contributed by atoms with E-state index >= 15 is 0 Å². The van der Waals surface area contributed by atoms with Gasteiger partial charge in [0.05, 0.1) is 23.3 Å². The van der Waals surface area contributed by atoms with Gasteiger partial charge in [-0.2, -0.15) is 0 Å². The van der Waals surface area contributed by atoms with Crippen LogP contribution in [0.2, 0.25) is 0 Å². The number of hydrogen-bond acceptors (Lipinski definition) is 5. The molecule has 1 aromatic heterocycles. The second-order valence-electron chi connectivity index (χ2n) is 5.33. The maximum atomic E-state index is 12.5. The fraction of sp³-hybridized carbons (Fsp3) is 0.250. The normalized spacial score (nSPS) is 10.3. The number of amides is 1. The van der Waals surface area contributed by atoms with Crippen molar-refractivity contribution in [3.8, 4) is 0 Å². The van der Waals surface area contributed by atoms with E-state index in [9.17, 15) is 19.7 Å². The van der Waals surface area contributed by atoms with E-state index in [1.807, 2.05) is 0 Å². The number of non-ortho nitro benzene ring substituents is 1. The second kappa shape index (κ2) is 6.53. The van der Waals surface area contributed by atoms with E-state index in [0.29, 0.717) is 28.1 Å². The van der Waals surface area contributed by atoms with E-state index in [-0.39, 0.29) is 11.4 Å². The first-order valence-electron chi connectivity index (χ1n) is 7.10. The first kappa shape index (κ1) is 17.2. The molecule has 0 saturated heterocycles. The second-order valence-corrected chi connectivity index (χ2v) is 5.33. The third kappa shape index (κ3) is 3.12. The van der Waals surface area contributed by atoms with Gasteiger partial charge < -0.3 is 15.0 Å². The largest absolute Gasteiger partial charge is 0.465 e. The van der Waals surface area contributed by atoms with Crippen molar-refractivity contribution in [1.29, 1.82) is 0 Å². The molecule has 0 aliphatic carbocycles. The fourth-order valence-corrected chi connectivity index (χ4v) is 2.43. The number of H-pyrrole nitrogens is 1. The van der Waals surface area contributed by atoms with Gasteiger partial charge in [0.1, 0.15) is 5.69 Å². The lowest BCUT2D eigenvalue weighted by Gasteiger charge is -2.08. The Bertz CT molecular complexity index is 838. The van der Waals surface area contributed by atoms with E-state index in [1.165, 1.54) is 19.2 Å². The molecule has 2 N–H and O–H groups in total. The summed E-state index contributed by atoms with van der Waals surface area (Å²) >= 11 is 0. The van der Waals surface area contributed by atoms with Crippen molar-refractivity contribution in [3.63, 3.8) is 0 Å². The van der Waals surface area contributed by atoms with Gasteiger partial charge in [0.2, 0.25) is 0 Å². The molecule has 126 valence electrons. The van der Waals surface area contributed by atoms with Gasteiger partial charge in [-0.25, -0.2) is 4.79 Å². The Hall–Kier alpha value is -3.16. The molecule has 1 heterocycles. The Labute approximate surface area is 138 Å². The fourth-order valence-electron chi connectivity index (χ4n) is 2.43. The number of aromatic nitrogens is 1. The highest BCUT2D eigenvalue weighted by molar-refractivity contribution is 6.07. The van der Waals surface area contributed by atoms with Gasteiger partial charge in [-0.15, -0.1) is 0 Å². The van der Waals surface area contributed by atoms with Crippen molar-refractivity contribution in [1.82, 2.24) is 4.98 Å². The molecule has 0 saturated carbocycles. The molecular weight excluding hydrogens is 314 g/mol. The zero-order valence-electron chi connectivity index (χ0n) is 13.7. The number of aryl methyl sites for hydroxylation is 2. The van der Waals surface area contributed by atoms with Crippen LogP contribution < -0.4 is 5.32 Å². The molecule has 2 aromatic rings. The molecule has 0 radical (unpaired) electrons. The highest BCUT2D eigenvalue weighted by Crippen LogP contribution is 2.24. The summed E-state index contributed by atoms with van der Waals surface area (Å²) in [5.41, 5.74) is 2.38. The zero-order valence-corrected chi connectivity index (χ0v) is 13.7. The average Bonchev–Trinajstić information content (AvgIpc) is 2.83. The number of benzene rings is 1. The van der Waals surface area contributed by atoms with Crippen LogP contribution in [0, 0.1) is 30.9 Å². The number of anilines is 1. The number of nitrogens with zero attached hydrogens (tertiary/aromatic N) is 1. The minimum absolute atomic E-state index is 0.120. The standard InChI is InChI=1S/C16H17N3O5/c1-8-5-6-11(19(22)23)7-12(8)18-15(20)14-9(2)13(10(3)17-14)16(21)24-4/h5-7,17H,1-4H3,(H,18,20). The molecule has 2 rings (SSSR count). The van der Waals surface area contributed by atoms with Crippen molar-refractivity contribution >= 4 is 23.3 Å². The first-order chi connectivity index (χ1) is 11.3. The molecule has 0 bridgehead atoms. The summed E-state index contributed by atoms with van der Waals surface area (Å²) in [6, 6.07) is 4.21. The number of hydrogen-bond donors (Lipinski definition) is 2. The lowest BCUT2D eigenvalue weighted by molar-refractivity contribution is -0.384. The molecule has 0 unspecified atom stereocenters. The van der Waals surface area contributed by atoms with Crippen LogP contribution in [0.15, 0.2) is 18.2 Å². The number of ether oxygens (including phenoxy) is 1. The minimum atomic E-state index is -0.535. The van der Waals surface area contributed by atoms with Gasteiger partial charge in [0.15, 0.2) is 0 Å². The number of nitro benzene ring substituents is 1. The summed E-state index contributed by atoms with van der Waals surface area (Å²) in [4.78, 5) is 37.4. The van der Waals surface area contributed by atoms with Crippen LogP contribution >= 0.6 is 0 Å². The van der Waals surface area contributed by atoms with Crippen LogP contribution in [-0.4, -0.2) is 28.9 Å². The van der Waals surface area contributed by atoms with Gasteiger partial charge in [-0.1, -0.05) is 6.07 Å². The molecule has 0 aliphatic heterocycles. The van der Waals surface area contributed by atoms with E-state index in [4.69, 9.17) is 4.74 Å². The van der Waals surface area contributed by atoms with Crippen LogP contribution in [0.4, 0.5) is 11.4 Å². The van der Waals surface area contributed by atoms with Crippen molar-refractivity contribution in [3.05, 3.63) is 56.4 Å². The third-order valence-electron chi connectivity index (χ3n) is 3.73. The quantitative estimate of drug-likeness (QED) is 0.508. The van der Waals surface area contributed by atoms with Crippen LogP contribution in [0.1, 0.15) is 37.7 Å². The summed E-state index contributed by atoms with van der Waals surface area (Å²) in [7, 11) is 1.26. The summed E-state index contributed by atoms with van der Waals surface area (Å²) in [6.07, 6.45) is 0. The Balaban J connectivity index is 2.36. The zero-order chi connectivity index (χ0) is 18.0. The number of rotatable bonds is 4. The third-order valence-corrected chi connectivity index (χ3v) is 3.73. The van der Waals surface area contributed by atoms with Crippen molar-refractivity contribution in [2.45, 2.75) is 20.8 Å². The Morgan fingerprint density at radius 3 is 2.50 bits per heavy atom. The van der Waals surface area contributed by atoms with Crippen molar-refractivity contribution < 1.29 is 19.2 Å². The molecule has 1 amide bonds. The number of carbonyl (C=O) groups excluding carboxylic acids is 2. The average molecular weight is 331 g/mol. The van der Waals surface area contributed by atoms with E-state index in [0.717, 1.165) is 0 Å². The van der Waals surface area contributed by atoms with Gasteiger partial charge in [0, 0.05) is 17.8 Å². The summed E-state index contributed by atoms with van der Waals surface area (Å²) in [5, 5.41) is 13.5. The Kier molecular flexibility index (Phi) is 4.68. The molecule has 8 heteroatoms. The topological polar surface area (TPSA) is 114 Å². The van der Waals surface area contributed by atoms with Crippen LogP contribution in [0.25, 0.3) is 0 Å². The monoisotopic (exact) mass is 331 g/mol. The summed E-state index contributed by atoms with van der Waals surface area (Å²) in [6.45, 7) is 5.02. The maximum Gasteiger partial charge on any atom is 0.339 e. The number of nitrogens with one attached hydrogen (secondary N) is 2. The lowest BCUT2D eigenvalue weighted by Crippen LogP contribution is -2.15. The van der Waals surface area contributed by atoms with Gasteiger partial charge in [0.25, 0.3) is 11.6 Å². The molecule has 24 heavy (non-hydrogen) atoms. The van der Waals surface area contributed by atoms with Crippen LogP contribution in [-0.2, 0) is 4.74 Å². The van der Waals surface area contributed by atoms with Crippen LogP contribution in [0.5, 0.6) is 0 Å². The first-order valence-corrected chi connectivity index (χ1v) is 7.10. The minimum Gasteiger partial charge on any atom is -0.465 e. The number of esters is 1. The number of methoxy groups -OCH3 is 1. The summed E-state index contributed by atoms with van der Waals surface area (Å²) in [5.74, 6) is -1.03. The van der Waals surface area contributed by atoms with E-state index in [2.05, 4.69) is 10.3 Å². The van der Waals surface area contributed by atoms with Gasteiger partial charge in [-0.3, -0.25) is 14.9 Å². The van der Waals surface area contributed by atoms with E-state index in [1.54, 1.807) is 26.8 Å². The smallest absolute Gasteiger partial charge is 0.339 e. The molecule has 0 aliphatic rings. The molecular formula is C16H17N3O5. The molecule has 8 nitrogen and oxygen atoms in total. The van der Waals surface area contributed by atoms with Gasteiger partial charge >= 0.3 is 5.97 Å². The number of carbonyl (C=O) groups is 2. The Morgan fingerprint density at radius 1 is 1.25 bits per heavy atom. The summed E-state index contributed by atoms with van der Waals surface area (Å²) < 4.78 is 4.70. The maximum absolute atomic E-state index is 12.5. The van der Waals surface area contributed by atoms with Crippen LogP contribution in [0.3, 0.4) is 0 Å². The Morgan fingerprint density at radius 2 is 1.92 bits per heavy atom. The molecule has 1 aromatic carbocycles. The molecule has 0 spiro atoms. The van der Waals surface area contributed by atoms with Crippen molar-refractivity contribution in [2.24, 2.45) is 0 Å². The number of aromatic amines is 1. The predicted molar refractivity (Wildman–Crippen MR) is 87.4 cm³/mol. The predicted octanol–water partition coefficient (Wildman–Crippen LogP) is 2.89. The lowest BCUT2D eigenvalue weighted by atomic mass is 10.1. The van der Waals surface area contributed by atoms with E-state index < -0.39 is 16.8 Å². The highest BCUT2D eigenvalue weighted by Gasteiger charge is 2.23. The molecule has 0 fully saturated rings. The highest BCUT2D eigenvalue weighted by atomic mass is 16.6. The molecule has 0 atom stereocenters.